The van der Waals surface area contributed by atoms with E-state index in [0.29, 0.717) is 33.9 Å². The Morgan fingerprint density at radius 1 is 1.14 bits per heavy atom. The Morgan fingerprint density at radius 3 is 2.56 bits per heavy atom. The van der Waals surface area contributed by atoms with Crippen LogP contribution in [-0.4, -0.2) is 40.5 Å². The summed E-state index contributed by atoms with van der Waals surface area (Å²) in [6, 6.07) is 16.5. The topological polar surface area (TPSA) is 107 Å². The van der Waals surface area contributed by atoms with Crippen molar-refractivity contribution in [1.82, 2.24) is 5.43 Å². The smallest absolute Gasteiger partial charge is 0.264 e. The van der Waals surface area contributed by atoms with Crippen molar-refractivity contribution in [3.8, 4) is 17.2 Å². The molecule has 0 saturated heterocycles. The summed E-state index contributed by atoms with van der Waals surface area (Å²) in [6.07, 6.45) is 1.43. The minimum atomic E-state index is -4.09. The minimum absolute atomic E-state index is 0.0555. The number of hydrazone groups is 1. The van der Waals surface area contributed by atoms with Gasteiger partial charge in [-0.25, -0.2) is 13.8 Å². The maximum Gasteiger partial charge on any atom is 0.264 e. The van der Waals surface area contributed by atoms with E-state index in [1.165, 1.54) is 18.3 Å². The molecule has 36 heavy (non-hydrogen) atoms. The van der Waals surface area contributed by atoms with E-state index in [-0.39, 0.29) is 17.4 Å². The highest BCUT2D eigenvalue weighted by Crippen LogP contribution is 2.36. The second-order valence-corrected chi connectivity index (χ2v) is 10.5. The van der Waals surface area contributed by atoms with Crippen LogP contribution >= 0.6 is 15.9 Å². The third kappa shape index (κ3) is 5.63. The number of amides is 1. The van der Waals surface area contributed by atoms with Crippen molar-refractivity contribution in [3.63, 3.8) is 0 Å². The average Bonchev–Trinajstić information content (AvgIpc) is 3.30. The highest BCUT2D eigenvalue weighted by Gasteiger charge is 2.29. The summed E-state index contributed by atoms with van der Waals surface area (Å²) >= 11 is 3.43. The van der Waals surface area contributed by atoms with Gasteiger partial charge in [0.1, 0.15) is 12.3 Å². The molecule has 1 aliphatic heterocycles. The molecule has 1 amide bonds. The maximum atomic E-state index is 13.6. The third-order valence-electron chi connectivity index (χ3n) is 5.21. The van der Waals surface area contributed by atoms with Gasteiger partial charge in [0.25, 0.3) is 15.9 Å². The van der Waals surface area contributed by atoms with Crippen LogP contribution in [0, 0.1) is 6.92 Å². The van der Waals surface area contributed by atoms with Gasteiger partial charge >= 0.3 is 0 Å². The molecule has 0 radical (unpaired) electrons. The number of hydrogen-bond acceptors (Lipinski definition) is 7. The first-order chi connectivity index (χ1) is 17.3. The van der Waals surface area contributed by atoms with Crippen molar-refractivity contribution >= 4 is 43.8 Å². The Morgan fingerprint density at radius 2 is 1.83 bits per heavy atom. The molecule has 1 heterocycles. The van der Waals surface area contributed by atoms with E-state index in [1.54, 1.807) is 55.5 Å². The Bertz CT molecular complexity index is 1390. The fourth-order valence-electron chi connectivity index (χ4n) is 3.45. The number of sulfonamides is 1. The van der Waals surface area contributed by atoms with Gasteiger partial charge in [-0.1, -0.05) is 29.8 Å². The van der Waals surface area contributed by atoms with Gasteiger partial charge in [0.05, 0.1) is 23.4 Å². The molecule has 3 aromatic carbocycles. The summed E-state index contributed by atoms with van der Waals surface area (Å²) in [4.78, 5) is 12.9. The number of ether oxygens (including phenoxy) is 3. The number of carbonyl (C=O) groups is 1. The number of aryl methyl sites for hydroxylation is 1. The van der Waals surface area contributed by atoms with Gasteiger partial charge in [0, 0.05) is 10.0 Å². The number of benzene rings is 3. The maximum absolute atomic E-state index is 13.6. The molecule has 0 fully saturated rings. The lowest BCUT2D eigenvalue weighted by Gasteiger charge is -2.25. The Kier molecular flexibility index (Phi) is 7.80. The molecule has 0 spiro atoms. The number of carbonyl (C=O) groups excluding carboxylic acids is 1. The van der Waals surface area contributed by atoms with Crippen LogP contribution in [0.25, 0.3) is 0 Å². The highest BCUT2D eigenvalue weighted by molar-refractivity contribution is 9.10. The fraction of sp³-hybridized carbons (Fsp3) is 0.200. The van der Waals surface area contributed by atoms with Crippen LogP contribution in [0.1, 0.15) is 18.1 Å². The van der Waals surface area contributed by atoms with Gasteiger partial charge in [-0.3, -0.25) is 9.10 Å². The Balaban J connectivity index is 1.59. The second kappa shape index (κ2) is 11.0. The van der Waals surface area contributed by atoms with E-state index < -0.39 is 22.5 Å². The second-order valence-electron chi connectivity index (χ2n) is 7.75. The first-order valence-electron chi connectivity index (χ1n) is 11.0. The summed E-state index contributed by atoms with van der Waals surface area (Å²) in [5, 5.41) is 4.00. The van der Waals surface area contributed by atoms with E-state index in [4.69, 9.17) is 14.2 Å². The van der Waals surface area contributed by atoms with E-state index >= 15 is 0 Å². The fourth-order valence-corrected chi connectivity index (χ4v) is 5.31. The number of fused-ring (bicyclic) bond motifs is 1. The summed E-state index contributed by atoms with van der Waals surface area (Å²) in [7, 11) is -4.09. The molecule has 0 atom stereocenters. The van der Waals surface area contributed by atoms with Crippen LogP contribution in [-0.2, 0) is 14.8 Å². The molecule has 0 saturated carbocycles. The number of nitrogens with one attached hydrogen (secondary N) is 1. The first-order valence-corrected chi connectivity index (χ1v) is 13.2. The Hall–Kier alpha value is -3.57. The Labute approximate surface area is 217 Å². The average molecular weight is 574 g/mol. The molecule has 4 rings (SSSR count). The van der Waals surface area contributed by atoms with Crippen molar-refractivity contribution in [1.29, 1.82) is 0 Å². The van der Waals surface area contributed by atoms with E-state index in [9.17, 15) is 13.2 Å². The van der Waals surface area contributed by atoms with Crippen molar-refractivity contribution < 1.29 is 27.4 Å². The zero-order valence-corrected chi connectivity index (χ0v) is 22.0. The van der Waals surface area contributed by atoms with Gasteiger partial charge in [-0.05, 0) is 66.2 Å². The van der Waals surface area contributed by atoms with Crippen molar-refractivity contribution in [2.45, 2.75) is 18.7 Å². The van der Waals surface area contributed by atoms with Crippen LogP contribution in [0.2, 0.25) is 0 Å². The molecule has 3 aromatic rings. The van der Waals surface area contributed by atoms with Crippen LogP contribution in [0.5, 0.6) is 17.2 Å². The molecule has 0 unspecified atom stereocenters. The van der Waals surface area contributed by atoms with Crippen LogP contribution < -0.4 is 23.9 Å². The minimum Gasteiger partial charge on any atom is -0.492 e. The molecule has 188 valence electrons. The zero-order chi connectivity index (χ0) is 25.7. The van der Waals surface area contributed by atoms with Crippen LogP contribution in [0.3, 0.4) is 0 Å². The lowest BCUT2D eigenvalue weighted by Crippen LogP contribution is -2.39. The monoisotopic (exact) mass is 573 g/mol. The molecule has 0 bridgehead atoms. The number of rotatable bonds is 9. The molecule has 11 heteroatoms. The van der Waals surface area contributed by atoms with Crippen molar-refractivity contribution in [2.75, 3.05) is 24.2 Å². The molecule has 0 aromatic heterocycles. The molecule has 1 aliphatic rings. The zero-order valence-electron chi connectivity index (χ0n) is 19.6. The van der Waals surface area contributed by atoms with E-state index in [0.717, 1.165) is 9.87 Å². The van der Waals surface area contributed by atoms with Crippen molar-refractivity contribution in [2.24, 2.45) is 5.10 Å². The molecule has 9 nitrogen and oxygen atoms in total. The van der Waals surface area contributed by atoms with Gasteiger partial charge in [-0.2, -0.15) is 5.10 Å². The SMILES string of the molecule is CCOc1ccccc1N(CC(=O)N/N=C\c1cc2c(cc1Br)OCO2)S(=O)(=O)c1ccc(C)cc1. The van der Waals surface area contributed by atoms with Crippen LogP contribution in [0.15, 0.2) is 75.1 Å². The number of halogens is 1. The predicted octanol–water partition coefficient (Wildman–Crippen LogP) is 4.23. The van der Waals surface area contributed by atoms with E-state index in [1.807, 2.05) is 6.92 Å². The van der Waals surface area contributed by atoms with Crippen molar-refractivity contribution in [3.05, 3.63) is 76.3 Å². The number of nitrogens with zero attached hydrogens (tertiary/aromatic N) is 2. The lowest BCUT2D eigenvalue weighted by molar-refractivity contribution is -0.119. The summed E-state index contributed by atoms with van der Waals surface area (Å²) < 4.78 is 45.3. The number of hydrogen-bond donors (Lipinski definition) is 1. The van der Waals surface area contributed by atoms with Gasteiger partial charge in [-0.15, -0.1) is 0 Å². The molecular formula is C25H24BrN3O6S. The summed E-state index contributed by atoms with van der Waals surface area (Å²) in [5.41, 5.74) is 4.21. The number of anilines is 1. The summed E-state index contributed by atoms with van der Waals surface area (Å²) in [5.74, 6) is 0.878. The molecular weight excluding hydrogens is 550 g/mol. The standard InChI is InChI=1S/C25H24BrN3O6S/c1-3-33-22-7-5-4-6-21(22)29(36(31,32)19-10-8-17(2)9-11-19)15-25(30)28-27-14-18-12-23-24(13-20(18)26)35-16-34-23/h4-14H,3,15-16H2,1-2H3,(H,28,30)/b27-14-. The highest BCUT2D eigenvalue weighted by atomic mass is 79.9. The quantitative estimate of drug-likeness (QED) is 0.303. The molecule has 0 aliphatic carbocycles. The lowest BCUT2D eigenvalue weighted by atomic mass is 10.2. The van der Waals surface area contributed by atoms with Gasteiger partial charge < -0.3 is 14.2 Å². The first kappa shape index (κ1) is 25.5. The van der Waals surface area contributed by atoms with Gasteiger partial charge in [0.2, 0.25) is 6.79 Å². The summed E-state index contributed by atoms with van der Waals surface area (Å²) in [6.45, 7) is 3.61. The van der Waals surface area contributed by atoms with E-state index in [2.05, 4.69) is 26.5 Å². The van der Waals surface area contributed by atoms with Gasteiger partial charge in [0.15, 0.2) is 11.5 Å². The number of para-hydroxylation sites is 2. The van der Waals surface area contributed by atoms with Crippen LogP contribution in [0.4, 0.5) is 5.69 Å². The largest absolute Gasteiger partial charge is 0.492 e. The normalized spacial score (nSPS) is 12.5. The predicted molar refractivity (Wildman–Crippen MR) is 139 cm³/mol. The molecule has 1 N–H and O–H groups in total. The third-order valence-corrected chi connectivity index (χ3v) is 7.68.